The van der Waals surface area contributed by atoms with Crippen LogP contribution in [-0.2, 0) is 22.5 Å². The Morgan fingerprint density at radius 3 is 2.41 bits per heavy atom. The number of carbonyl (C=O) groups excluding carboxylic acids is 1. The van der Waals surface area contributed by atoms with Crippen LogP contribution in [0.4, 0.5) is 0 Å². The predicted octanol–water partition coefficient (Wildman–Crippen LogP) is 2.29. The zero-order valence-electron chi connectivity index (χ0n) is 10.7. The van der Waals surface area contributed by atoms with Crippen LogP contribution in [0.2, 0.25) is 0 Å². The molecule has 0 saturated heterocycles. The molecule has 1 rings (SSSR count). The van der Waals surface area contributed by atoms with Gasteiger partial charge in [-0.3, -0.25) is 4.79 Å². The van der Waals surface area contributed by atoms with Crippen LogP contribution in [0, 0.1) is 0 Å². The standard InChI is InChI=1S/C14H21NO2/c1-3-9-15-11-13-7-5-12(6-8-13)10-14(16)17-4-2/h5-8,15H,3-4,9-11H2,1-2H3. The number of carbonyl (C=O) groups is 1. The lowest BCUT2D eigenvalue weighted by molar-refractivity contribution is -0.142. The fraction of sp³-hybridized carbons (Fsp3) is 0.500. The molecule has 94 valence electrons. The first-order valence-corrected chi connectivity index (χ1v) is 6.20. The van der Waals surface area contributed by atoms with E-state index >= 15 is 0 Å². The van der Waals surface area contributed by atoms with Gasteiger partial charge in [0.1, 0.15) is 0 Å². The molecule has 1 N–H and O–H groups in total. The molecule has 0 aliphatic rings. The quantitative estimate of drug-likeness (QED) is 0.582. The van der Waals surface area contributed by atoms with Crippen molar-refractivity contribution < 1.29 is 9.53 Å². The monoisotopic (exact) mass is 235 g/mol. The van der Waals surface area contributed by atoms with Crippen LogP contribution in [0.25, 0.3) is 0 Å². The molecule has 1 aromatic rings. The fourth-order valence-corrected chi connectivity index (χ4v) is 1.56. The van der Waals surface area contributed by atoms with Gasteiger partial charge in [-0.2, -0.15) is 0 Å². The van der Waals surface area contributed by atoms with Crippen LogP contribution in [0.5, 0.6) is 0 Å². The smallest absolute Gasteiger partial charge is 0.310 e. The van der Waals surface area contributed by atoms with Crippen molar-refractivity contribution in [1.82, 2.24) is 5.32 Å². The second kappa shape index (κ2) is 7.85. The van der Waals surface area contributed by atoms with Crippen LogP contribution >= 0.6 is 0 Å². The minimum absolute atomic E-state index is 0.163. The average Bonchev–Trinajstić information content (AvgIpc) is 2.32. The zero-order chi connectivity index (χ0) is 12.5. The molecule has 0 atom stereocenters. The molecule has 0 aliphatic carbocycles. The Morgan fingerprint density at radius 1 is 1.18 bits per heavy atom. The van der Waals surface area contributed by atoms with Crippen molar-refractivity contribution in [3.8, 4) is 0 Å². The molecule has 0 saturated carbocycles. The highest BCUT2D eigenvalue weighted by Crippen LogP contribution is 2.06. The Balaban J connectivity index is 2.41. The fourth-order valence-electron chi connectivity index (χ4n) is 1.56. The van der Waals surface area contributed by atoms with Crippen LogP contribution in [0.15, 0.2) is 24.3 Å². The van der Waals surface area contributed by atoms with Gasteiger partial charge < -0.3 is 10.1 Å². The summed E-state index contributed by atoms with van der Waals surface area (Å²) in [5.41, 5.74) is 2.24. The number of esters is 1. The Bertz CT molecular complexity index is 333. The number of nitrogens with one attached hydrogen (secondary N) is 1. The second-order valence-corrected chi connectivity index (χ2v) is 3.98. The van der Waals surface area contributed by atoms with Crippen LogP contribution < -0.4 is 5.32 Å². The Morgan fingerprint density at radius 2 is 1.82 bits per heavy atom. The molecule has 0 amide bonds. The number of ether oxygens (including phenoxy) is 1. The van der Waals surface area contributed by atoms with Gasteiger partial charge >= 0.3 is 5.97 Å². The van der Waals surface area contributed by atoms with Gasteiger partial charge in [0.2, 0.25) is 0 Å². The third-order valence-electron chi connectivity index (χ3n) is 2.43. The third kappa shape index (κ3) is 5.50. The highest BCUT2D eigenvalue weighted by molar-refractivity contribution is 5.72. The van der Waals surface area contributed by atoms with E-state index in [-0.39, 0.29) is 5.97 Å². The van der Waals surface area contributed by atoms with E-state index in [1.807, 2.05) is 19.1 Å². The molecule has 0 spiro atoms. The average molecular weight is 235 g/mol. The van der Waals surface area contributed by atoms with Crippen molar-refractivity contribution in [2.45, 2.75) is 33.2 Å². The van der Waals surface area contributed by atoms with Crippen LogP contribution in [0.1, 0.15) is 31.4 Å². The van der Waals surface area contributed by atoms with E-state index in [2.05, 4.69) is 24.4 Å². The summed E-state index contributed by atoms with van der Waals surface area (Å²) in [5, 5.41) is 3.34. The maximum atomic E-state index is 11.3. The summed E-state index contributed by atoms with van der Waals surface area (Å²) >= 11 is 0. The minimum Gasteiger partial charge on any atom is -0.466 e. The van der Waals surface area contributed by atoms with E-state index in [1.54, 1.807) is 0 Å². The number of benzene rings is 1. The van der Waals surface area contributed by atoms with Gasteiger partial charge in [0.05, 0.1) is 13.0 Å². The van der Waals surface area contributed by atoms with Gasteiger partial charge in [0, 0.05) is 6.54 Å². The normalized spacial score (nSPS) is 10.2. The molecule has 3 heteroatoms. The van der Waals surface area contributed by atoms with E-state index in [0.29, 0.717) is 13.0 Å². The van der Waals surface area contributed by atoms with E-state index < -0.39 is 0 Å². The Hall–Kier alpha value is -1.35. The summed E-state index contributed by atoms with van der Waals surface area (Å²) in [5.74, 6) is -0.163. The highest BCUT2D eigenvalue weighted by Gasteiger charge is 2.03. The van der Waals surface area contributed by atoms with E-state index in [4.69, 9.17) is 4.74 Å². The Kier molecular flexibility index (Phi) is 6.33. The number of hydrogen-bond acceptors (Lipinski definition) is 3. The van der Waals surface area contributed by atoms with Crippen molar-refractivity contribution in [3.63, 3.8) is 0 Å². The summed E-state index contributed by atoms with van der Waals surface area (Å²) in [7, 11) is 0. The van der Waals surface area contributed by atoms with Gasteiger partial charge in [-0.15, -0.1) is 0 Å². The van der Waals surface area contributed by atoms with E-state index in [9.17, 15) is 4.79 Å². The third-order valence-corrected chi connectivity index (χ3v) is 2.43. The molecule has 0 heterocycles. The molecular weight excluding hydrogens is 214 g/mol. The maximum Gasteiger partial charge on any atom is 0.310 e. The molecule has 0 aromatic heterocycles. The zero-order valence-corrected chi connectivity index (χ0v) is 10.7. The van der Waals surface area contributed by atoms with Crippen molar-refractivity contribution in [2.24, 2.45) is 0 Å². The molecule has 0 unspecified atom stereocenters. The molecule has 0 aliphatic heterocycles. The number of rotatable bonds is 7. The molecule has 3 nitrogen and oxygen atoms in total. The van der Waals surface area contributed by atoms with Gasteiger partial charge in [-0.25, -0.2) is 0 Å². The van der Waals surface area contributed by atoms with Crippen LogP contribution in [-0.4, -0.2) is 19.1 Å². The summed E-state index contributed by atoms with van der Waals surface area (Å²) in [4.78, 5) is 11.3. The molecule has 0 radical (unpaired) electrons. The van der Waals surface area contributed by atoms with E-state index in [0.717, 1.165) is 25.1 Å². The molecule has 0 fully saturated rings. The Labute approximate surface area is 103 Å². The van der Waals surface area contributed by atoms with Gasteiger partial charge in [0.25, 0.3) is 0 Å². The van der Waals surface area contributed by atoms with Gasteiger partial charge in [0.15, 0.2) is 0 Å². The lowest BCUT2D eigenvalue weighted by Gasteiger charge is -2.05. The van der Waals surface area contributed by atoms with Crippen molar-refractivity contribution in [2.75, 3.05) is 13.2 Å². The lowest BCUT2D eigenvalue weighted by Crippen LogP contribution is -2.13. The van der Waals surface area contributed by atoms with Crippen molar-refractivity contribution >= 4 is 5.97 Å². The van der Waals surface area contributed by atoms with Gasteiger partial charge in [-0.05, 0) is 31.0 Å². The van der Waals surface area contributed by atoms with Crippen molar-refractivity contribution in [3.05, 3.63) is 35.4 Å². The molecular formula is C14H21NO2. The highest BCUT2D eigenvalue weighted by atomic mass is 16.5. The molecule has 1 aromatic carbocycles. The van der Waals surface area contributed by atoms with Crippen molar-refractivity contribution in [1.29, 1.82) is 0 Å². The minimum atomic E-state index is -0.163. The first kappa shape index (κ1) is 13.7. The lowest BCUT2D eigenvalue weighted by atomic mass is 10.1. The van der Waals surface area contributed by atoms with Crippen LogP contribution in [0.3, 0.4) is 0 Å². The second-order valence-electron chi connectivity index (χ2n) is 3.98. The SMILES string of the molecule is CCCNCc1ccc(CC(=O)OCC)cc1. The summed E-state index contributed by atoms with van der Waals surface area (Å²) in [6.45, 7) is 6.33. The van der Waals surface area contributed by atoms with Gasteiger partial charge in [-0.1, -0.05) is 31.2 Å². The predicted molar refractivity (Wildman–Crippen MR) is 68.8 cm³/mol. The maximum absolute atomic E-state index is 11.3. The first-order chi connectivity index (χ1) is 8.26. The molecule has 0 bridgehead atoms. The first-order valence-electron chi connectivity index (χ1n) is 6.20. The molecule has 17 heavy (non-hydrogen) atoms. The topological polar surface area (TPSA) is 38.3 Å². The number of hydrogen-bond donors (Lipinski definition) is 1. The largest absolute Gasteiger partial charge is 0.466 e. The summed E-state index contributed by atoms with van der Waals surface area (Å²) in [6, 6.07) is 8.08. The summed E-state index contributed by atoms with van der Waals surface area (Å²) in [6.07, 6.45) is 1.50. The summed E-state index contributed by atoms with van der Waals surface area (Å²) < 4.78 is 4.90. The van der Waals surface area contributed by atoms with E-state index in [1.165, 1.54) is 5.56 Å².